The first-order valence-corrected chi connectivity index (χ1v) is 16.2. The molecule has 2 aromatic rings. The van der Waals surface area contributed by atoms with E-state index in [-0.39, 0.29) is 24.1 Å². The normalized spacial score (nSPS) is 23.5. The lowest BCUT2D eigenvalue weighted by Crippen LogP contribution is -2.49. The minimum atomic E-state index is -0.648. The van der Waals surface area contributed by atoms with Crippen molar-refractivity contribution in [2.75, 3.05) is 45.9 Å². The molecule has 2 aliphatic heterocycles. The van der Waals surface area contributed by atoms with Crippen molar-refractivity contribution in [3.8, 4) is 0 Å². The molecule has 5 rings (SSSR count). The number of carboxylic acids is 1. The van der Waals surface area contributed by atoms with E-state index in [2.05, 4.69) is 52.3 Å². The van der Waals surface area contributed by atoms with Crippen LogP contribution in [0.2, 0.25) is 0 Å². The smallest absolute Gasteiger partial charge is 0.410 e. The Kier molecular flexibility index (Phi) is 10.9. The lowest BCUT2D eigenvalue weighted by molar-refractivity contribution is -0.145. The Morgan fingerprint density at radius 3 is 2.24 bits per heavy atom. The fourth-order valence-corrected chi connectivity index (χ4v) is 7.77. The van der Waals surface area contributed by atoms with Crippen LogP contribution >= 0.6 is 0 Å². The van der Waals surface area contributed by atoms with Gasteiger partial charge in [0.1, 0.15) is 6.04 Å². The minimum absolute atomic E-state index is 0.197. The number of hydrogen-bond donors (Lipinski definition) is 1. The second-order valence-corrected chi connectivity index (χ2v) is 12.6. The molecule has 2 saturated heterocycles. The van der Waals surface area contributed by atoms with E-state index in [0.29, 0.717) is 25.0 Å². The number of likely N-dealkylation sites (tertiary alicyclic amines) is 2. The molecule has 1 amide bonds. The van der Waals surface area contributed by atoms with E-state index in [9.17, 15) is 14.7 Å². The number of rotatable bonds is 11. The monoisotopic (exact) mass is 575 g/mol. The van der Waals surface area contributed by atoms with E-state index in [4.69, 9.17) is 4.74 Å². The summed E-state index contributed by atoms with van der Waals surface area (Å²) in [6.45, 7) is 7.60. The molecule has 7 heteroatoms. The lowest BCUT2D eigenvalue weighted by Gasteiger charge is -2.39. The summed E-state index contributed by atoms with van der Waals surface area (Å²) < 4.78 is 5.67. The molecule has 0 aromatic heterocycles. The van der Waals surface area contributed by atoms with Gasteiger partial charge in [-0.3, -0.25) is 9.69 Å². The molecule has 2 heterocycles. The van der Waals surface area contributed by atoms with Crippen LogP contribution in [0.3, 0.4) is 0 Å². The molecule has 3 aliphatic rings. The largest absolute Gasteiger partial charge is 0.480 e. The molecule has 1 aliphatic carbocycles. The van der Waals surface area contributed by atoms with Crippen LogP contribution in [0.5, 0.6) is 0 Å². The molecule has 2 aromatic carbocycles. The third-order valence-corrected chi connectivity index (χ3v) is 9.96. The highest BCUT2D eigenvalue weighted by Gasteiger charge is 2.43. The summed E-state index contributed by atoms with van der Waals surface area (Å²) in [4.78, 5) is 32.3. The first-order valence-electron chi connectivity index (χ1n) is 16.2. The number of piperidine rings is 1. The number of amides is 1. The number of hydrogen-bond acceptors (Lipinski definition) is 5. The zero-order valence-electron chi connectivity index (χ0n) is 25.3. The van der Waals surface area contributed by atoms with Gasteiger partial charge in [-0.2, -0.15) is 0 Å². The molecule has 3 atom stereocenters. The average Bonchev–Trinajstić information content (AvgIpc) is 3.42. The van der Waals surface area contributed by atoms with Gasteiger partial charge in [0, 0.05) is 57.6 Å². The highest BCUT2D eigenvalue weighted by Crippen LogP contribution is 2.38. The van der Waals surface area contributed by atoms with Crippen LogP contribution in [0.1, 0.15) is 68.9 Å². The van der Waals surface area contributed by atoms with Gasteiger partial charge in [0.15, 0.2) is 0 Å². The van der Waals surface area contributed by atoms with Crippen molar-refractivity contribution < 1.29 is 19.4 Å². The summed E-state index contributed by atoms with van der Waals surface area (Å²) in [5, 5.41) is 10.3. The number of nitrogens with zero attached hydrogens (tertiary/aromatic N) is 3. The molecule has 0 bridgehead atoms. The van der Waals surface area contributed by atoms with Crippen molar-refractivity contribution in [1.82, 2.24) is 14.7 Å². The Morgan fingerprint density at radius 1 is 0.929 bits per heavy atom. The van der Waals surface area contributed by atoms with Crippen LogP contribution in [-0.2, 0) is 16.0 Å². The van der Waals surface area contributed by atoms with Gasteiger partial charge in [0.2, 0.25) is 0 Å². The molecule has 0 unspecified atom stereocenters. The molecule has 0 radical (unpaired) electrons. The summed E-state index contributed by atoms with van der Waals surface area (Å²) in [5.74, 6) is 0.334. The van der Waals surface area contributed by atoms with Crippen LogP contribution in [0, 0.1) is 11.8 Å². The molecule has 42 heavy (non-hydrogen) atoms. The Morgan fingerprint density at radius 2 is 1.60 bits per heavy atom. The van der Waals surface area contributed by atoms with Crippen molar-refractivity contribution in [2.45, 2.75) is 76.3 Å². The summed E-state index contributed by atoms with van der Waals surface area (Å²) in [6.07, 6.45) is 8.00. The van der Waals surface area contributed by atoms with Gasteiger partial charge in [0.25, 0.3) is 0 Å². The van der Waals surface area contributed by atoms with Crippen molar-refractivity contribution in [3.05, 3.63) is 71.8 Å². The standard InChI is InChI=1S/C35H49N3O4/c1-2-38(35(41)42-23-20-27-12-6-3-7-13-27)31-18-21-36(22-19-31)24-30-25-37(26-32(30)28-14-8-4-9-15-28)33(34(39)40)29-16-10-5-11-17-29/h3-4,6-9,12-15,29-33H,2,5,10-11,16-26H2,1H3,(H,39,40)/t30-,32+,33+/m0/s1. The van der Waals surface area contributed by atoms with E-state index in [0.717, 1.165) is 77.7 Å². The Hall–Kier alpha value is -2.90. The number of carbonyl (C=O) groups is 2. The van der Waals surface area contributed by atoms with Crippen LogP contribution in [0.15, 0.2) is 60.7 Å². The molecule has 1 N–H and O–H groups in total. The number of carbonyl (C=O) groups excluding carboxylic acids is 1. The topological polar surface area (TPSA) is 73.3 Å². The Bertz CT molecular complexity index is 1120. The molecule has 1 saturated carbocycles. The van der Waals surface area contributed by atoms with Gasteiger partial charge >= 0.3 is 12.1 Å². The van der Waals surface area contributed by atoms with Gasteiger partial charge in [-0.05, 0) is 55.6 Å². The van der Waals surface area contributed by atoms with E-state index in [1.54, 1.807) is 0 Å². The highest BCUT2D eigenvalue weighted by molar-refractivity contribution is 5.74. The predicted octanol–water partition coefficient (Wildman–Crippen LogP) is 5.90. The average molecular weight is 576 g/mol. The number of ether oxygens (including phenoxy) is 1. The SMILES string of the molecule is CCN(C(=O)OCCc1ccccc1)C1CCN(C[C@H]2CN([C@@H](C(=O)O)C3CCCCC3)C[C@@H]2c2ccccc2)CC1. The fraction of sp³-hybridized carbons (Fsp3) is 0.600. The van der Waals surface area contributed by atoms with Crippen molar-refractivity contribution in [1.29, 1.82) is 0 Å². The van der Waals surface area contributed by atoms with Gasteiger partial charge in [-0.25, -0.2) is 4.79 Å². The van der Waals surface area contributed by atoms with E-state index < -0.39 is 5.97 Å². The third kappa shape index (κ3) is 7.73. The van der Waals surface area contributed by atoms with E-state index >= 15 is 0 Å². The quantitative estimate of drug-likeness (QED) is 0.360. The van der Waals surface area contributed by atoms with E-state index in [1.807, 2.05) is 30.0 Å². The number of benzene rings is 2. The zero-order chi connectivity index (χ0) is 29.3. The van der Waals surface area contributed by atoms with Crippen LogP contribution in [0.4, 0.5) is 4.79 Å². The summed E-state index contributed by atoms with van der Waals surface area (Å²) in [7, 11) is 0. The number of aliphatic carboxylic acids is 1. The Balaban J connectivity index is 1.17. The summed E-state index contributed by atoms with van der Waals surface area (Å²) in [6, 6.07) is 20.7. The van der Waals surface area contributed by atoms with Crippen LogP contribution in [-0.4, -0.2) is 89.8 Å². The molecule has 7 nitrogen and oxygen atoms in total. The maximum Gasteiger partial charge on any atom is 0.410 e. The van der Waals surface area contributed by atoms with Crippen LogP contribution in [0.25, 0.3) is 0 Å². The van der Waals surface area contributed by atoms with Crippen molar-refractivity contribution >= 4 is 12.1 Å². The molecule has 0 spiro atoms. The van der Waals surface area contributed by atoms with Crippen molar-refractivity contribution in [3.63, 3.8) is 0 Å². The zero-order valence-corrected chi connectivity index (χ0v) is 25.3. The van der Waals surface area contributed by atoms with Gasteiger partial charge < -0.3 is 19.6 Å². The van der Waals surface area contributed by atoms with E-state index in [1.165, 1.54) is 17.5 Å². The second-order valence-electron chi connectivity index (χ2n) is 12.6. The van der Waals surface area contributed by atoms with Gasteiger partial charge in [-0.1, -0.05) is 79.9 Å². The van der Waals surface area contributed by atoms with Gasteiger partial charge in [0.05, 0.1) is 6.61 Å². The second kappa shape index (κ2) is 15.0. The maximum absolute atomic E-state index is 12.9. The van der Waals surface area contributed by atoms with Crippen molar-refractivity contribution in [2.24, 2.45) is 11.8 Å². The lowest BCUT2D eigenvalue weighted by atomic mass is 9.83. The fourth-order valence-electron chi connectivity index (χ4n) is 7.77. The molecule has 228 valence electrons. The summed E-state index contributed by atoms with van der Waals surface area (Å²) >= 11 is 0. The summed E-state index contributed by atoms with van der Waals surface area (Å²) in [5.41, 5.74) is 2.50. The molecular formula is C35H49N3O4. The first-order chi connectivity index (χ1) is 20.5. The third-order valence-electron chi connectivity index (χ3n) is 9.96. The predicted molar refractivity (Wildman–Crippen MR) is 166 cm³/mol. The number of carboxylic acid groups (broad SMARTS) is 1. The first kappa shape index (κ1) is 30.6. The Labute approximate surface area is 251 Å². The highest BCUT2D eigenvalue weighted by atomic mass is 16.6. The van der Waals surface area contributed by atoms with Crippen LogP contribution < -0.4 is 0 Å². The molecule has 3 fully saturated rings. The van der Waals surface area contributed by atoms with Gasteiger partial charge in [-0.15, -0.1) is 0 Å². The minimum Gasteiger partial charge on any atom is -0.480 e. The maximum atomic E-state index is 12.9. The molecular weight excluding hydrogens is 526 g/mol.